The zero-order chi connectivity index (χ0) is 16.9. The highest BCUT2D eigenvalue weighted by Crippen LogP contribution is 2.34. The van der Waals surface area contributed by atoms with E-state index in [-0.39, 0.29) is 6.03 Å². The molecule has 1 saturated heterocycles. The van der Waals surface area contributed by atoms with E-state index in [4.69, 9.17) is 9.47 Å². The van der Waals surface area contributed by atoms with Crippen molar-refractivity contribution in [1.82, 2.24) is 10.2 Å². The molecule has 0 bridgehead atoms. The highest BCUT2D eigenvalue weighted by Gasteiger charge is 2.22. The first-order chi connectivity index (χ1) is 11.6. The summed E-state index contributed by atoms with van der Waals surface area (Å²) in [7, 11) is 0. The van der Waals surface area contributed by atoms with Gasteiger partial charge in [0.1, 0.15) is 13.2 Å². The second kappa shape index (κ2) is 7.64. The molecule has 2 aliphatic heterocycles. The normalized spacial score (nSPS) is 17.1. The van der Waals surface area contributed by atoms with Crippen LogP contribution in [-0.4, -0.2) is 56.9 Å². The van der Waals surface area contributed by atoms with Crippen LogP contribution in [0.25, 0.3) is 0 Å². The van der Waals surface area contributed by atoms with Gasteiger partial charge in [-0.15, -0.1) is 0 Å². The summed E-state index contributed by atoms with van der Waals surface area (Å²) in [6.07, 6.45) is 1.02. The van der Waals surface area contributed by atoms with Crippen LogP contribution >= 0.6 is 0 Å². The zero-order valence-electron chi connectivity index (χ0n) is 14.6. The molecule has 6 nitrogen and oxygen atoms in total. The second-order valence-corrected chi connectivity index (χ2v) is 6.72. The van der Waals surface area contributed by atoms with E-state index in [1.165, 1.54) is 0 Å². The molecule has 0 aliphatic carbocycles. The summed E-state index contributed by atoms with van der Waals surface area (Å²) >= 11 is 0. The molecule has 1 fully saturated rings. The Balaban J connectivity index is 1.50. The molecule has 2 heterocycles. The molecule has 2 amide bonds. The Morgan fingerprint density at radius 2 is 1.83 bits per heavy atom. The van der Waals surface area contributed by atoms with Crippen LogP contribution in [0.5, 0.6) is 11.5 Å². The van der Waals surface area contributed by atoms with Gasteiger partial charge in [-0.3, -0.25) is 0 Å². The average Bonchev–Trinajstić information content (AvgIpc) is 2.61. The Labute approximate surface area is 143 Å². The molecule has 0 saturated carbocycles. The Bertz CT molecular complexity index is 569. The Morgan fingerprint density at radius 3 is 2.54 bits per heavy atom. The van der Waals surface area contributed by atoms with E-state index in [0.717, 1.165) is 56.3 Å². The number of carbonyl (C=O) groups is 1. The van der Waals surface area contributed by atoms with E-state index in [1.807, 2.05) is 17.0 Å². The molecule has 0 spiro atoms. The molecule has 1 aromatic rings. The van der Waals surface area contributed by atoms with Crippen LogP contribution in [0.1, 0.15) is 20.3 Å². The summed E-state index contributed by atoms with van der Waals surface area (Å²) in [6.45, 7) is 9.42. The molecular weight excluding hydrogens is 306 g/mol. The number of urea groups is 1. The number of amides is 2. The van der Waals surface area contributed by atoms with Crippen LogP contribution in [0.3, 0.4) is 0 Å². The predicted molar refractivity (Wildman–Crippen MR) is 94.1 cm³/mol. The van der Waals surface area contributed by atoms with Crippen molar-refractivity contribution in [2.24, 2.45) is 5.92 Å². The Morgan fingerprint density at radius 1 is 1.12 bits per heavy atom. The lowest BCUT2D eigenvalue weighted by Gasteiger charge is -2.36. The molecule has 3 rings (SSSR count). The van der Waals surface area contributed by atoms with Crippen molar-refractivity contribution < 1.29 is 14.3 Å². The lowest BCUT2D eigenvalue weighted by atomic mass is 10.1. The van der Waals surface area contributed by atoms with Crippen molar-refractivity contribution in [2.75, 3.05) is 50.8 Å². The highest BCUT2D eigenvalue weighted by atomic mass is 16.6. The van der Waals surface area contributed by atoms with Gasteiger partial charge in [0.25, 0.3) is 0 Å². The SMILES string of the molecule is CC(C)CCNC(=O)N1CCN(c2ccc3c(c2)OCCO3)CC1. The number of hydrogen-bond donors (Lipinski definition) is 1. The first kappa shape index (κ1) is 16.7. The number of ether oxygens (including phenoxy) is 2. The van der Waals surface area contributed by atoms with E-state index in [9.17, 15) is 4.79 Å². The van der Waals surface area contributed by atoms with Gasteiger partial charge in [-0.2, -0.15) is 0 Å². The van der Waals surface area contributed by atoms with Crippen LogP contribution in [-0.2, 0) is 0 Å². The van der Waals surface area contributed by atoms with Gasteiger partial charge in [-0.25, -0.2) is 4.79 Å². The predicted octanol–water partition coefficient (Wildman–Crippen LogP) is 2.34. The van der Waals surface area contributed by atoms with Crippen molar-refractivity contribution in [3.05, 3.63) is 18.2 Å². The summed E-state index contributed by atoms with van der Waals surface area (Å²) in [6, 6.07) is 6.12. The van der Waals surface area contributed by atoms with E-state index < -0.39 is 0 Å². The van der Waals surface area contributed by atoms with E-state index >= 15 is 0 Å². The van der Waals surface area contributed by atoms with E-state index in [1.54, 1.807) is 0 Å². The molecule has 0 unspecified atom stereocenters. The van der Waals surface area contributed by atoms with Crippen molar-refractivity contribution in [1.29, 1.82) is 0 Å². The molecule has 6 heteroatoms. The van der Waals surface area contributed by atoms with Crippen molar-refractivity contribution in [3.8, 4) is 11.5 Å². The molecule has 0 atom stereocenters. The maximum Gasteiger partial charge on any atom is 0.317 e. The average molecular weight is 333 g/mol. The minimum absolute atomic E-state index is 0.0532. The van der Waals surface area contributed by atoms with Gasteiger partial charge in [0.15, 0.2) is 11.5 Å². The fourth-order valence-electron chi connectivity index (χ4n) is 2.98. The zero-order valence-corrected chi connectivity index (χ0v) is 14.6. The van der Waals surface area contributed by atoms with Gasteiger partial charge in [0.05, 0.1) is 0 Å². The molecule has 1 N–H and O–H groups in total. The van der Waals surface area contributed by atoms with Crippen LogP contribution in [0.2, 0.25) is 0 Å². The summed E-state index contributed by atoms with van der Waals surface area (Å²) in [4.78, 5) is 16.4. The monoisotopic (exact) mass is 333 g/mol. The summed E-state index contributed by atoms with van der Waals surface area (Å²) in [5, 5.41) is 3.01. The smallest absolute Gasteiger partial charge is 0.317 e. The summed E-state index contributed by atoms with van der Waals surface area (Å²) in [5.74, 6) is 2.23. The molecule has 24 heavy (non-hydrogen) atoms. The van der Waals surface area contributed by atoms with Gasteiger partial charge in [-0.1, -0.05) is 13.8 Å². The number of fused-ring (bicyclic) bond motifs is 1. The Hall–Kier alpha value is -2.11. The van der Waals surface area contributed by atoms with Gasteiger partial charge in [-0.05, 0) is 24.5 Å². The van der Waals surface area contributed by atoms with Crippen molar-refractivity contribution >= 4 is 11.7 Å². The number of anilines is 1. The maximum atomic E-state index is 12.2. The number of carbonyl (C=O) groups excluding carboxylic acids is 1. The maximum absolute atomic E-state index is 12.2. The molecule has 2 aliphatic rings. The van der Waals surface area contributed by atoms with Crippen LogP contribution in [0, 0.1) is 5.92 Å². The van der Waals surface area contributed by atoms with Gasteiger partial charge < -0.3 is 24.6 Å². The van der Waals surface area contributed by atoms with Crippen LogP contribution < -0.4 is 19.7 Å². The quantitative estimate of drug-likeness (QED) is 0.919. The third-order valence-electron chi connectivity index (χ3n) is 4.46. The highest BCUT2D eigenvalue weighted by molar-refractivity contribution is 5.74. The number of nitrogens with zero attached hydrogens (tertiary/aromatic N) is 2. The third kappa shape index (κ3) is 4.04. The second-order valence-electron chi connectivity index (χ2n) is 6.72. The summed E-state index contributed by atoms with van der Waals surface area (Å²) in [5.41, 5.74) is 1.12. The molecule has 0 aromatic heterocycles. The minimum atomic E-state index is 0.0532. The number of nitrogens with one attached hydrogen (secondary N) is 1. The molecule has 132 valence electrons. The van der Waals surface area contributed by atoms with E-state index in [2.05, 4.69) is 30.1 Å². The lowest BCUT2D eigenvalue weighted by molar-refractivity contribution is 0.171. The fourth-order valence-corrected chi connectivity index (χ4v) is 2.98. The lowest BCUT2D eigenvalue weighted by Crippen LogP contribution is -2.52. The Kier molecular flexibility index (Phi) is 5.33. The standard InChI is InChI=1S/C18H27N3O3/c1-14(2)5-6-19-18(22)21-9-7-20(8-10-21)15-3-4-16-17(13-15)24-12-11-23-16/h3-4,13-14H,5-12H2,1-2H3,(H,19,22). The topological polar surface area (TPSA) is 54.0 Å². The van der Waals surface area contributed by atoms with Gasteiger partial charge in [0, 0.05) is 44.5 Å². The van der Waals surface area contributed by atoms with Gasteiger partial charge in [0.2, 0.25) is 0 Å². The largest absolute Gasteiger partial charge is 0.486 e. The number of piperazine rings is 1. The first-order valence-corrected chi connectivity index (χ1v) is 8.81. The van der Waals surface area contributed by atoms with Gasteiger partial charge >= 0.3 is 6.03 Å². The number of rotatable bonds is 4. The molecular formula is C18H27N3O3. The molecule has 1 aromatic carbocycles. The van der Waals surface area contributed by atoms with E-state index in [0.29, 0.717) is 19.1 Å². The number of benzene rings is 1. The van der Waals surface area contributed by atoms with Crippen LogP contribution in [0.4, 0.5) is 10.5 Å². The molecule has 0 radical (unpaired) electrons. The van der Waals surface area contributed by atoms with Crippen molar-refractivity contribution in [3.63, 3.8) is 0 Å². The first-order valence-electron chi connectivity index (χ1n) is 8.81. The number of hydrogen-bond acceptors (Lipinski definition) is 4. The summed E-state index contributed by atoms with van der Waals surface area (Å²) < 4.78 is 11.2. The third-order valence-corrected chi connectivity index (χ3v) is 4.46. The van der Waals surface area contributed by atoms with Crippen LogP contribution in [0.15, 0.2) is 18.2 Å². The van der Waals surface area contributed by atoms with Crippen molar-refractivity contribution in [2.45, 2.75) is 20.3 Å². The minimum Gasteiger partial charge on any atom is -0.486 e. The fraction of sp³-hybridized carbons (Fsp3) is 0.611.